The fraction of sp³-hybridized carbons (Fsp3) is 0.226. The van der Waals surface area contributed by atoms with Crippen LogP contribution in [0.1, 0.15) is 15.9 Å². The Bertz CT molecular complexity index is 1680. The van der Waals surface area contributed by atoms with Crippen molar-refractivity contribution >= 4 is 52.1 Å². The summed E-state index contributed by atoms with van der Waals surface area (Å²) in [6.07, 6.45) is 0.669. The monoisotopic (exact) mass is 680 g/mol. The lowest BCUT2D eigenvalue weighted by Gasteiger charge is -2.20. The lowest BCUT2D eigenvalue weighted by atomic mass is 10.1. The number of ether oxygens (including phenoxy) is 3. The fourth-order valence-electron chi connectivity index (χ4n) is 4.30. The summed E-state index contributed by atoms with van der Waals surface area (Å²) in [5.74, 6) is -0.659. The van der Waals surface area contributed by atoms with Gasteiger partial charge in [-0.1, -0.05) is 18.2 Å². The fourth-order valence-corrected chi connectivity index (χ4v) is 5.31. The van der Waals surface area contributed by atoms with Gasteiger partial charge in [-0.3, -0.25) is 30.1 Å². The maximum Gasteiger partial charge on any atom is 0.295 e. The number of hydrogen-bond acceptors (Lipinski definition) is 13. The van der Waals surface area contributed by atoms with Gasteiger partial charge in [-0.15, -0.1) is 10.1 Å². The zero-order valence-electron chi connectivity index (χ0n) is 26.0. The number of aliphatic imine (C=N–C) groups is 1. The van der Waals surface area contributed by atoms with Gasteiger partial charge in [0, 0.05) is 17.8 Å². The minimum atomic E-state index is -1.13. The molecule has 3 aromatic rings. The number of thioether (sulfide) groups is 1. The molecule has 0 bridgehead atoms. The van der Waals surface area contributed by atoms with Gasteiger partial charge in [0.2, 0.25) is 5.75 Å². The Hall–Kier alpha value is -5.81. The Balaban J connectivity index is 1.43. The number of methoxy groups -OCH3 is 3. The van der Waals surface area contributed by atoms with E-state index in [1.165, 1.54) is 50.1 Å². The van der Waals surface area contributed by atoms with Crippen LogP contribution in [0.15, 0.2) is 76.6 Å². The average Bonchev–Trinajstić information content (AvgIpc) is 3.37. The molecule has 0 spiro atoms. The normalized spacial score (nSPS) is 14.8. The largest absolute Gasteiger partial charge is 0.493 e. The number of benzene rings is 3. The second kappa shape index (κ2) is 16.7. The number of hydrogen-bond donors (Lipinski definition) is 4. The van der Waals surface area contributed by atoms with Gasteiger partial charge in [0.15, 0.2) is 23.3 Å². The molecule has 0 saturated carbocycles. The number of nitrogens with one attached hydrogen (secondary N) is 3. The Morgan fingerprint density at radius 3 is 2.29 bits per heavy atom. The SMILES string of the molecule is COc1cc(/C=C2\SC(=Nc3ccccc3)N(CC(O)CNc3ccc(C(=O)NNC(=O)CO[N+](=O)[O-])cc3)C2=O)cc(OC)c1OC. The highest BCUT2D eigenvalue weighted by Gasteiger charge is 2.35. The molecule has 3 aromatic carbocycles. The van der Waals surface area contributed by atoms with E-state index in [0.717, 1.165) is 0 Å². The molecule has 1 atom stereocenters. The molecular formula is C31H32N6O10S. The third kappa shape index (κ3) is 9.36. The number of carbonyl (C=O) groups is 3. The van der Waals surface area contributed by atoms with Gasteiger partial charge >= 0.3 is 0 Å². The number of rotatable bonds is 14. The summed E-state index contributed by atoms with van der Waals surface area (Å²) in [7, 11) is 4.50. The highest BCUT2D eigenvalue weighted by atomic mass is 32.2. The van der Waals surface area contributed by atoms with E-state index >= 15 is 0 Å². The van der Waals surface area contributed by atoms with Crippen LogP contribution in [-0.2, 0) is 14.4 Å². The Morgan fingerprint density at radius 1 is 1.02 bits per heavy atom. The van der Waals surface area contributed by atoms with Crippen LogP contribution in [0.5, 0.6) is 17.2 Å². The van der Waals surface area contributed by atoms with E-state index in [4.69, 9.17) is 14.2 Å². The summed E-state index contributed by atoms with van der Waals surface area (Å²) >= 11 is 1.17. The predicted molar refractivity (Wildman–Crippen MR) is 176 cm³/mol. The third-order valence-electron chi connectivity index (χ3n) is 6.55. The van der Waals surface area contributed by atoms with Crippen molar-refractivity contribution in [2.75, 3.05) is 46.3 Å². The first-order chi connectivity index (χ1) is 23.1. The smallest absolute Gasteiger partial charge is 0.295 e. The summed E-state index contributed by atoms with van der Waals surface area (Å²) in [4.78, 5) is 57.9. The van der Waals surface area contributed by atoms with E-state index in [-0.39, 0.29) is 24.6 Å². The van der Waals surface area contributed by atoms with Gasteiger partial charge in [0.25, 0.3) is 22.8 Å². The van der Waals surface area contributed by atoms with E-state index in [9.17, 15) is 29.6 Å². The molecule has 0 aromatic heterocycles. The van der Waals surface area contributed by atoms with E-state index < -0.39 is 29.6 Å². The van der Waals surface area contributed by atoms with Crippen molar-refractivity contribution in [3.8, 4) is 17.2 Å². The Labute approximate surface area is 278 Å². The molecule has 4 N–H and O–H groups in total. The number of amidine groups is 1. The molecule has 16 nitrogen and oxygen atoms in total. The number of anilines is 1. The van der Waals surface area contributed by atoms with Crippen molar-refractivity contribution in [2.45, 2.75) is 6.10 Å². The van der Waals surface area contributed by atoms with Crippen molar-refractivity contribution < 1.29 is 43.6 Å². The van der Waals surface area contributed by atoms with E-state index in [0.29, 0.717) is 44.3 Å². The summed E-state index contributed by atoms with van der Waals surface area (Å²) in [6, 6.07) is 18.7. The molecule has 17 heteroatoms. The van der Waals surface area contributed by atoms with Crippen LogP contribution in [0.4, 0.5) is 11.4 Å². The number of hydrazine groups is 1. The van der Waals surface area contributed by atoms with Gasteiger partial charge < -0.3 is 29.5 Å². The first-order valence-electron chi connectivity index (χ1n) is 14.2. The topological polar surface area (TPSA) is 203 Å². The number of aliphatic hydroxyl groups is 1. The minimum absolute atomic E-state index is 0.0526. The number of nitrogens with zero attached hydrogens (tertiary/aromatic N) is 3. The molecule has 48 heavy (non-hydrogen) atoms. The Morgan fingerprint density at radius 2 is 1.69 bits per heavy atom. The van der Waals surface area contributed by atoms with Gasteiger partial charge in [0.1, 0.15) is 0 Å². The molecule has 1 saturated heterocycles. The molecule has 1 aliphatic heterocycles. The lowest BCUT2D eigenvalue weighted by Crippen LogP contribution is -2.43. The van der Waals surface area contributed by atoms with Crippen molar-refractivity contribution in [3.05, 3.63) is 92.9 Å². The van der Waals surface area contributed by atoms with Crippen LogP contribution in [0.3, 0.4) is 0 Å². The maximum absolute atomic E-state index is 13.7. The van der Waals surface area contributed by atoms with Crippen LogP contribution in [0.2, 0.25) is 0 Å². The summed E-state index contributed by atoms with van der Waals surface area (Å²) in [5, 5.41) is 23.4. The molecule has 1 fully saturated rings. The van der Waals surface area contributed by atoms with Crippen LogP contribution >= 0.6 is 11.8 Å². The van der Waals surface area contributed by atoms with Gasteiger partial charge in [-0.25, -0.2) is 4.99 Å². The third-order valence-corrected chi connectivity index (χ3v) is 7.56. The van der Waals surface area contributed by atoms with Crippen LogP contribution in [-0.4, -0.2) is 85.1 Å². The highest BCUT2D eigenvalue weighted by Crippen LogP contribution is 2.40. The van der Waals surface area contributed by atoms with E-state index in [2.05, 4.69) is 20.6 Å². The van der Waals surface area contributed by atoms with Crippen molar-refractivity contribution in [1.29, 1.82) is 0 Å². The van der Waals surface area contributed by atoms with E-state index in [1.54, 1.807) is 42.5 Å². The van der Waals surface area contributed by atoms with Gasteiger partial charge in [0.05, 0.1) is 44.6 Å². The highest BCUT2D eigenvalue weighted by molar-refractivity contribution is 8.18. The molecular weight excluding hydrogens is 648 g/mol. The minimum Gasteiger partial charge on any atom is -0.493 e. The first kappa shape index (κ1) is 35.1. The second-order valence-electron chi connectivity index (χ2n) is 9.83. The molecule has 0 aliphatic carbocycles. The molecule has 1 heterocycles. The number of β-amino-alcohol motifs (C(OH)–C–C–N with tert-alkyl or cyclic N) is 1. The number of carbonyl (C=O) groups excluding carboxylic acids is 3. The number of aliphatic hydroxyl groups excluding tert-OH is 1. The zero-order chi connectivity index (χ0) is 34.6. The average molecular weight is 681 g/mol. The summed E-state index contributed by atoms with van der Waals surface area (Å²) in [6.45, 7) is -0.890. The maximum atomic E-state index is 13.7. The molecule has 4 rings (SSSR count). The standard InChI is InChI=1S/C31H32N6O10S/c1-44-24-13-19(14-25(45-2)28(24)46-3)15-26-30(41)36(31(48-26)33-22-7-5-4-6-8-22)17-23(38)16-32-21-11-9-20(10-12-21)29(40)35-34-27(39)18-47-37(42)43/h4-15,23,32,38H,16-18H2,1-3H3,(H,34,39)(H,35,40)/b26-15-,33-31?. The van der Waals surface area contributed by atoms with Crippen molar-refractivity contribution in [1.82, 2.24) is 15.8 Å². The van der Waals surface area contributed by atoms with Crippen molar-refractivity contribution in [2.24, 2.45) is 4.99 Å². The first-order valence-corrected chi connectivity index (χ1v) is 15.0. The second-order valence-corrected chi connectivity index (χ2v) is 10.8. The van der Waals surface area contributed by atoms with Crippen molar-refractivity contribution in [3.63, 3.8) is 0 Å². The molecule has 0 radical (unpaired) electrons. The summed E-state index contributed by atoms with van der Waals surface area (Å²) in [5.41, 5.74) is 6.13. The quantitative estimate of drug-likeness (QED) is 0.110. The van der Waals surface area contributed by atoms with E-state index in [1.807, 2.05) is 23.6 Å². The zero-order valence-corrected chi connectivity index (χ0v) is 26.8. The van der Waals surface area contributed by atoms with Gasteiger partial charge in [-0.05, 0) is 71.9 Å². The summed E-state index contributed by atoms with van der Waals surface area (Å²) < 4.78 is 16.3. The van der Waals surface area contributed by atoms with Crippen LogP contribution in [0, 0.1) is 10.1 Å². The molecule has 252 valence electrons. The predicted octanol–water partition coefficient (Wildman–Crippen LogP) is 2.76. The van der Waals surface area contributed by atoms with Crippen LogP contribution in [0.25, 0.3) is 6.08 Å². The Kier molecular flexibility index (Phi) is 12.2. The molecule has 1 unspecified atom stereocenters. The lowest BCUT2D eigenvalue weighted by molar-refractivity contribution is -0.754. The molecule has 1 aliphatic rings. The number of amides is 3. The van der Waals surface area contributed by atoms with Gasteiger partial charge in [-0.2, -0.15) is 0 Å². The number of para-hydroxylation sites is 1. The molecule has 3 amide bonds. The van der Waals surface area contributed by atoms with Crippen LogP contribution < -0.4 is 30.4 Å².